The zero-order chi connectivity index (χ0) is 14.7. The molecule has 0 amide bonds. The fourth-order valence-corrected chi connectivity index (χ4v) is 2.40. The highest BCUT2D eigenvalue weighted by atomic mass is 15.3. The minimum absolute atomic E-state index is 0.169. The van der Waals surface area contributed by atoms with Gasteiger partial charge in [-0.25, -0.2) is 0 Å². The Kier molecular flexibility index (Phi) is 4.55. The van der Waals surface area contributed by atoms with Gasteiger partial charge in [0.2, 0.25) is 0 Å². The first-order chi connectivity index (χ1) is 9.49. The Morgan fingerprint density at radius 2 is 1.55 bits per heavy atom. The Morgan fingerprint density at radius 3 is 2.05 bits per heavy atom. The van der Waals surface area contributed by atoms with E-state index in [9.17, 15) is 0 Å². The number of benzene rings is 1. The maximum Gasteiger partial charge on any atom is 0.149 e. The number of aromatic nitrogens is 3. The van der Waals surface area contributed by atoms with Crippen LogP contribution in [0.2, 0.25) is 0 Å². The van der Waals surface area contributed by atoms with Crippen molar-refractivity contribution in [3.8, 4) is 0 Å². The predicted molar refractivity (Wildman–Crippen MR) is 81.5 cm³/mol. The molecule has 2 atom stereocenters. The Labute approximate surface area is 121 Å². The molecular formula is C16H24N4. The monoisotopic (exact) mass is 272 g/mol. The summed E-state index contributed by atoms with van der Waals surface area (Å²) >= 11 is 0. The van der Waals surface area contributed by atoms with Crippen molar-refractivity contribution < 1.29 is 0 Å². The lowest BCUT2D eigenvalue weighted by Crippen LogP contribution is -2.24. The molecule has 2 rings (SSSR count). The fourth-order valence-electron chi connectivity index (χ4n) is 2.40. The van der Waals surface area contributed by atoms with Crippen molar-refractivity contribution in [2.45, 2.75) is 45.7 Å². The highest BCUT2D eigenvalue weighted by molar-refractivity contribution is 5.26. The molecule has 4 nitrogen and oxygen atoms in total. The van der Waals surface area contributed by atoms with Gasteiger partial charge in [0.1, 0.15) is 12.2 Å². The molecule has 0 aliphatic rings. The summed E-state index contributed by atoms with van der Waals surface area (Å²) in [6.45, 7) is 8.72. The molecule has 1 aromatic heterocycles. The molecule has 0 spiro atoms. The van der Waals surface area contributed by atoms with Crippen LogP contribution in [0.25, 0.3) is 0 Å². The van der Waals surface area contributed by atoms with Gasteiger partial charge in [-0.15, -0.1) is 10.2 Å². The number of nitrogens with one attached hydrogen (secondary N) is 1. The Balaban J connectivity index is 2.04. The van der Waals surface area contributed by atoms with Crippen LogP contribution in [0, 0.1) is 0 Å². The zero-order valence-electron chi connectivity index (χ0n) is 13.0. The van der Waals surface area contributed by atoms with Gasteiger partial charge in [-0.1, -0.05) is 38.1 Å². The third-order valence-corrected chi connectivity index (χ3v) is 3.74. The van der Waals surface area contributed by atoms with Crippen LogP contribution in [0.15, 0.2) is 30.6 Å². The molecule has 2 aromatic rings. The Bertz CT molecular complexity index is 542. The number of hydrogen-bond acceptors (Lipinski definition) is 3. The standard InChI is InChI=1S/C16H24N4/c1-11(2)14-6-8-15(9-7-14)12(3)18-13(4)16-19-17-10-20(16)5/h6-13,18H,1-5H3. The highest BCUT2D eigenvalue weighted by Crippen LogP contribution is 2.21. The molecule has 2 unspecified atom stereocenters. The molecule has 0 bridgehead atoms. The van der Waals surface area contributed by atoms with E-state index in [4.69, 9.17) is 0 Å². The molecule has 20 heavy (non-hydrogen) atoms. The second kappa shape index (κ2) is 6.18. The number of rotatable bonds is 5. The first kappa shape index (κ1) is 14.7. The highest BCUT2D eigenvalue weighted by Gasteiger charge is 2.15. The SMILES string of the molecule is CC(C)c1ccc(C(C)NC(C)c2nncn2C)cc1. The molecule has 108 valence electrons. The second-order valence-corrected chi connectivity index (χ2v) is 5.73. The quantitative estimate of drug-likeness (QED) is 0.907. The lowest BCUT2D eigenvalue weighted by molar-refractivity contribution is 0.466. The smallest absolute Gasteiger partial charge is 0.149 e. The van der Waals surface area contributed by atoms with Crippen molar-refractivity contribution in [1.29, 1.82) is 0 Å². The van der Waals surface area contributed by atoms with E-state index in [0.717, 1.165) is 5.82 Å². The van der Waals surface area contributed by atoms with E-state index in [0.29, 0.717) is 5.92 Å². The molecule has 0 aliphatic carbocycles. The van der Waals surface area contributed by atoms with E-state index in [1.807, 2.05) is 11.6 Å². The van der Waals surface area contributed by atoms with Gasteiger partial charge in [0.15, 0.2) is 0 Å². The largest absolute Gasteiger partial charge is 0.319 e. The minimum atomic E-state index is 0.169. The van der Waals surface area contributed by atoms with Gasteiger partial charge in [0.25, 0.3) is 0 Å². The summed E-state index contributed by atoms with van der Waals surface area (Å²) in [5, 5.41) is 11.6. The molecule has 0 fully saturated rings. The van der Waals surface area contributed by atoms with Gasteiger partial charge >= 0.3 is 0 Å². The first-order valence-electron chi connectivity index (χ1n) is 7.18. The average molecular weight is 272 g/mol. The zero-order valence-corrected chi connectivity index (χ0v) is 13.0. The maximum atomic E-state index is 4.15. The lowest BCUT2D eigenvalue weighted by Gasteiger charge is -2.20. The van der Waals surface area contributed by atoms with Crippen LogP contribution < -0.4 is 5.32 Å². The molecule has 1 heterocycles. The fraction of sp³-hybridized carbons (Fsp3) is 0.500. The summed E-state index contributed by atoms with van der Waals surface area (Å²) in [5.74, 6) is 1.53. The van der Waals surface area contributed by atoms with Gasteiger partial charge in [-0.3, -0.25) is 0 Å². The molecule has 0 radical (unpaired) electrons. The summed E-state index contributed by atoms with van der Waals surface area (Å²) in [4.78, 5) is 0. The summed E-state index contributed by atoms with van der Waals surface area (Å²) in [7, 11) is 1.97. The number of nitrogens with zero attached hydrogens (tertiary/aromatic N) is 3. The summed E-state index contributed by atoms with van der Waals surface area (Å²) in [6.07, 6.45) is 1.73. The molecule has 0 aliphatic heterocycles. The van der Waals surface area contributed by atoms with Crippen molar-refractivity contribution in [3.63, 3.8) is 0 Å². The van der Waals surface area contributed by atoms with Crippen LogP contribution in [0.4, 0.5) is 0 Å². The Morgan fingerprint density at radius 1 is 0.950 bits per heavy atom. The molecule has 1 aromatic carbocycles. The van der Waals surface area contributed by atoms with Crippen LogP contribution >= 0.6 is 0 Å². The van der Waals surface area contributed by atoms with Crippen molar-refractivity contribution in [2.24, 2.45) is 7.05 Å². The third kappa shape index (κ3) is 3.25. The summed E-state index contributed by atoms with van der Waals surface area (Å²) in [6, 6.07) is 9.29. The van der Waals surface area contributed by atoms with Gasteiger partial charge in [0.05, 0.1) is 6.04 Å². The molecule has 0 saturated heterocycles. The van der Waals surface area contributed by atoms with Gasteiger partial charge in [-0.2, -0.15) is 0 Å². The van der Waals surface area contributed by atoms with Crippen molar-refractivity contribution >= 4 is 0 Å². The first-order valence-corrected chi connectivity index (χ1v) is 7.18. The van der Waals surface area contributed by atoms with E-state index in [-0.39, 0.29) is 12.1 Å². The lowest BCUT2D eigenvalue weighted by atomic mass is 9.99. The maximum absolute atomic E-state index is 4.15. The Hall–Kier alpha value is -1.68. The van der Waals surface area contributed by atoms with Crippen LogP contribution in [0.5, 0.6) is 0 Å². The molecule has 0 saturated carbocycles. The summed E-state index contributed by atoms with van der Waals surface area (Å²) in [5.41, 5.74) is 2.67. The molecular weight excluding hydrogens is 248 g/mol. The van der Waals surface area contributed by atoms with E-state index in [2.05, 4.69) is 67.5 Å². The summed E-state index contributed by atoms with van der Waals surface area (Å²) < 4.78 is 1.95. The van der Waals surface area contributed by atoms with E-state index in [1.165, 1.54) is 11.1 Å². The average Bonchev–Trinajstić information content (AvgIpc) is 2.85. The second-order valence-electron chi connectivity index (χ2n) is 5.73. The van der Waals surface area contributed by atoms with Crippen LogP contribution in [0.1, 0.15) is 62.6 Å². The van der Waals surface area contributed by atoms with E-state index in [1.54, 1.807) is 6.33 Å². The van der Waals surface area contributed by atoms with E-state index >= 15 is 0 Å². The molecule has 1 N–H and O–H groups in total. The number of hydrogen-bond donors (Lipinski definition) is 1. The van der Waals surface area contributed by atoms with Crippen LogP contribution in [-0.4, -0.2) is 14.8 Å². The van der Waals surface area contributed by atoms with Gasteiger partial charge < -0.3 is 9.88 Å². The normalized spacial score (nSPS) is 14.5. The molecule has 4 heteroatoms. The van der Waals surface area contributed by atoms with Crippen molar-refractivity contribution in [1.82, 2.24) is 20.1 Å². The number of aryl methyl sites for hydroxylation is 1. The predicted octanol–water partition coefficient (Wildman–Crippen LogP) is 3.35. The minimum Gasteiger partial charge on any atom is -0.319 e. The van der Waals surface area contributed by atoms with Gasteiger partial charge in [0, 0.05) is 13.1 Å². The van der Waals surface area contributed by atoms with Crippen LogP contribution in [-0.2, 0) is 7.05 Å². The third-order valence-electron chi connectivity index (χ3n) is 3.74. The van der Waals surface area contributed by atoms with Crippen LogP contribution in [0.3, 0.4) is 0 Å². The van der Waals surface area contributed by atoms with Gasteiger partial charge in [-0.05, 0) is 30.9 Å². The topological polar surface area (TPSA) is 42.7 Å². The van der Waals surface area contributed by atoms with Crippen molar-refractivity contribution in [2.75, 3.05) is 0 Å². The van der Waals surface area contributed by atoms with Crippen molar-refractivity contribution in [3.05, 3.63) is 47.5 Å². The van der Waals surface area contributed by atoms with E-state index < -0.39 is 0 Å².